The van der Waals surface area contributed by atoms with E-state index in [9.17, 15) is 5.02 Å². The summed E-state index contributed by atoms with van der Waals surface area (Å²) in [4.78, 5) is 0. The van der Waals surface area contributed by atoms with Crippen LogP contribution in [0.2, 0.25) is 0 Å². The number of benzene rings is 2. The highest BCUT2D eigenvalue weighted by Gasteiger charge is 2.27. The van der Waals surface area contributed by atoms with Crippen LogP contribution in [0, 0.1) is 0 Å². The topological polar surface area (TPSA) is 76.7 Å². The van der Waals surface area contributed by atoms with Gasteiger partial charge in [-0.2, -0.15) is 0 Å². The molecule has 0 saturated heterocycles. The van der Waals surface area contributed by atoms with Crippen molar-refractivity contribution in [1.82, 2.24) is 5.43 Å². The van der Waals surface area contributed by atoms with Gasteiger partial charge in [-0.15, -0.1) is 0 Å². The van der Waals surface area contributed by atoms with Gasteiger partial charge < -0.3 is 14.4 Å². The summed E-state index contributed by atoms with van der Waals surface area (Å²) in [6, 6.07) is 13.2. The van der Waals surface area contributed by atoms with E-state index in [1.807, 2.05) is 42.5 Å². The maximum atomic E-state index is 9.67. The molecule has 4 N–H and O–H groups in total. The average molecular weight is 270 g/mol. The van der Waals surface area contributed by atoms with Gasteiger partial charge in [0.15, 0.2) is 0 Å². The van der Waals surface area contributed by atoms with Crippen molar-refractivity contribution in [1.29, 1.82) is 0 Å². The third kappa shape index (κ3) is 2.68. The molecule has 1 aliphatic rings. The van der Waals surface area contributed by atoms with Crippen LogP contribution in [0.15, 0.2) is 42.5 Å². The quantitative estimate of drug-likeness (QED) is 0.432. The molecule has 0 aromatic heterocycles. The highest BCUT2D eigenvalue weighted by atomic mass is 16.5. The van der Waals surface area contributed by atoms with Gasteiger partial charge in [0.05, 0.1) is 6.61 Å². The predicted molar refractivity (Wildman–Crippen MR) is 76.4 cm³/mol. The molecular weight excluding hydrogens is 255 g/mol. The number of nitrogens with two attached hydrogens (primary N) is 1. The van der Waals surface area contributed by atoms with Gasteiger partial charge in [0, 0.05) is 6.54 Å². The summed E-state index contributed by atoms with van der Waals surface area (Å²) >= 11 is 0. The van der Waals surface area contributed by atoms with Crippen molar-refractivity contribution in [3.8, 4) is 11.5 Å². The number of fused-ring (bicyclic) bond motifs is 1. The van der Waals surface area contributed by atoms with Crippen molar-refractivity contribution in [3.05, 3.63) is 53.6 Å². The lowest BCUT2D eigenvalue weighted by Crippen LogP contribution is -2.27. The maximum absolute atomic E-state index is 9.67. The standard InChI is InChI=1S/C14H15BN2O3/c16-17-8-10-1-4-12(5-2-10)20-13-6-3-11-9-19-15(18)14(11)7-13/h1-7,17-18H,8-9,16H2. The largest absolute Gasteiger partial charge is 0.491 e. The van der Waals surface area contributed by atoms with Crippen LogP contribution in [0.5, 0.6) is 11.5 Å². The van der Waals surface area contributed by atoms with Gasteiger partial charge >= 0.3 is 7.12 Å². The molecule has 2 aromatic carbocycles. The third-order valence-electron chi connectivity index (χ3n) is 3.25. The van der Waals surface area contributed by atoms with Crippen molar-refractivity contribution in [2.75, 3.05) is 0 Å². The molecule has 0 amide bonds. The molecule has 2 aromatic rings. The van der Waals surface area contributed by atoms with Crippen LogP contribution in [0.3, 0.4) is 0 Å². The third-order valence-corrected chi connectivity index (χ3v) is 3.25. The van der Waals surface area contributed by atoms with Gasteiger partial charge in [0.2, 0.25) is 0 Å². The summed E-state index contributed by atoms with van der Waals surface area (Å²) in [5.74, 6) is 6.68. The second-order valence-corrected chi connectivity index (χ2v) is 4.65. The number of hydrazine groups is 1. The van der Waals surface area contributed by atoms with Crippen molar-refractivity contribution in [3.63, 3.8) is 0 Å². The number of ether oxygens (including phenoxy) is 1. The molecule has 0 aliphatic carbocycles. The molecule has 20 heavy (non-hydrogen) atoms. The van der Waals surface area contributed by atoms with Crippen molar-refractivity contribution >= 4 is 12.6 Å². The Morgan fingerprint density at radius 3 is 2.70 bits per heavy atom. The lowest BCUT2D eigenvalue weighted by molar-refractivity contribution is 0.275. The molecular formula is C14H15BN2O3. The number of hydrogen-bond acceptors (Lipinski definition) is 5. The van der Waals surface area contributed by atoms with Crippen molar-refractivity contribution in [2.45, 2.75) is 13.2 Å². The van der Waals surface area contributed by atoms with E-state index in [2.05, 4.69) is 5.43 Å². The normalized spacial score (nSPS) is 13.4. The van der Waals surface area contributed by atoms with Crippen LogP contribution in [-0.2, 0) is 17.8 Å². The van der Waals surface area contributed by atoms with E-state index in [1.54, 1.807) is 0 Å². The lowest BCUT2D eigenvalue weighted by atomic mass is 9.79. The van der Waals surface area contributed by atoms with Crippen LogP contribution in [-0.4, -0.2) is 12.1 Å². The van der Waals surface area contributed by atoms with Crippen LogP contribution in [0.4, 0.5) is 0 Å². The number of nitrogens with one attached hydrogen (secondary N) is 1. The summed E-state index contributed by atoms with van der Waals surface area (Å²) in [6.07, 6.45) is 0. The average Bonchev–Trinajstić information content (AvgIpc) is 2.83. The minimum Gasteiger partial charge on any atom is -0.457 e. The summed E-state index contributed by atoms with van der Waals surface area (Å²) < 4.78 is 10.9. The molecule has 0 atom stereocenters. The minimum atomic E-state index is -0.855. The molecule has 102 valence electrons. The summed E-state index contributed by atoms with van der Waals surface area (Å²) in [5, 5.41) is 9.67. The molecule has 0 radical (unpaired) electrons. The van der Waals surface area contributed by atoms with E-state index < -0.39 is 7.12 Å². The van der Waals surface area contributed by atoms with Gasteiger partial charge in [-0.25, -0.2) is 0 Å². The summed E-state index contributed by atoms with van der Waals surface area (Å²) in [6.45, 7) is 1.06. The number of hydrogen-bond donors (Lipinski definition) is 3. The summed E-state index contributed by atoms with van der Waals surface area (Å²) in [5.41, 5.74) is 5.45. The van der Waals surface area contributed by atoms with Crippen LogP contribution in [0.1, 0.15) is 11.1 Å². The number of rotatable bonds is 4. The van der Waals surface area contributed by atoms with Crippen LogP contribution in [0.25, 0.3) is 0 Å². The highest BCUT2D eigenvalue weighted by molar-refractivity contribution is 6.61. The minimum absolute atomic E-state index is 0.442. The Hall–Kier alpha value is -1.86. The lowest BCUT2D eigenvalue weighted by Gasteiger charge is -2.08. The fourth-order valence-corrected chi connectivity index (χ4v) is 2.19. The molecule has 3 rings (SSSR count). The fraction of sp³-hybridized carbons (Fsp3) is 0.143. The monoisotopic (exact) mass is 270 g/mol. The Labute approximate surface area is 117 Å². The predicted octanol–water partition coefficient (Wildman–Crippen LogP) is 0.660. The molecule has 0 saturated carbocycles. The summed E-state index contributed by atoms with van der Waals surface area (Å²) in [7, 11) is -0.855. The van der Waals surface area contributed by atoms with E-state index >= 15 is 0 Å². The molecule has 0 bridgehead atoms. The van der Waals surface area contributed by atoms with E-state index in [0.717, 1.165) is 22.3 Å². The Balaban J connectivity index is 1.76. The zero-order chi connectivity index (χ0) is 13.9. The van der Waals surface area contributed by atoms with E-state index in [0.29, 0.717) is 18.9 Å². The first kappa shape index (κ1) is 13.1. The Bertz CT molecular complexity index is 604. The molecule has 1 heterocycles. The first-order valence-electron chi connectivity index (χ1n) is 6.39. The van der Waals surface area contributed by atoms with Gasteiger partial charge in [0.1, 0.15) is 11.5 Å². The second kappa shape index (κ2) is 5.64. The van der Waals surface area contributed by atoms with Gasteiger partial charge in [-0.3, -0.25) is 11.3 Å². The molecule has 1 aliphatic heterocycles. The van der Waals surface area contributed by atoms with Gasteiger partial charge in [-0.05, 0) is 40.9 Å². The molecule has 0 fully saturated rings. The molecule has 0 unspecified atom stereocenters. The fourth-order valence-electron chi connectivity index (χ4n) is 2.19. The maximum Gasteiger partial charge on any atom is 0.491 e. The van der Waals surface area contributed by atoms with E-state index in [1.165, 1.54) is 0 Å². The Morgan fingerprint density at radius 2 is 1.95 bits per heavy atom. The first-order chi connectivity index (χ1) is 9.76. The molecule has 6 heteroatoms. The first-order valence-corrected chi connectivity index (χ1v) is 6.39. The van der Waals surface area contributed by atoms with E-state index in [-0.39, 0.29) is 0 Å². The highest BCUT2D eigenvalue weighted by Crippen LogP contribution is 2.23. The van der Waals surface area contributed by atoms with Gasteiger partial charge in [-0.1, -0.05) is 18.2 Å². The molecule has 5 nitrogen and oxygen atoms in total. The van der Waals surface area contributed by atoms with Crippen LogP contribution < -0.4 is 21.5 Å². The van der Waals surface area contributed by atoms with Crippen molar-refractivity contribution in [2.24, 2.45) is 5.84 Å². The Kier molecular flexibility index (Phi) is 3.71. The zero-order valence-corrected chi connectivity index (χ0v) is 10.9. The smallest absolute Gasteiger partial charge is 0.457 e. The second-order valence-electron chi connectivity index (χ2n) is 4.65. The van der Waals surface area contributed by atoms with Gasteiger partial charge in [0.25, 0.3) is 0 Å². The van der Waals surface area contributed by atoms with Crippen LogP contribution >= 0.6 is 0 Å². The van der Waals surface area contributed by atoms with E-state index in [4.69, 9.17) is 15.2 Å². The van der Waals surface area contributed by atoms with Crippen molar-refractivity contribution < 1.29 is 14.4 Å². The molecule has 0 spiro atoms. The Morgan fingerprint density at radius 1 is 1.20 bits per heavy atom. The SMILES string of the molecule is NNCc1ccc(Oc2ccc3c(c2)B(O)OC3)cc1. The zero-order valence-electron chi connectivity index (χ0n) is 10.9.